The summed E-state index contributed by atoms with van der Waals surface area (Å²) in [5.74, 6) is -1.18. The Morgan fingerprint density at radius 2 is 2.11 bits per heavy atom. The molecule has 0 aliphatic rings. The third-order valence-electron chi connectivity index (χ3n) is 2.34. The van der Waals surface area contributed by atoms with E-state index in [2.05, 4.69) is 10.5 Å². The fourth-order valence-corrected chi connectivity index (χ4v) is 1.37. The van der Waals surface area contributed by atoms with Crippen molar-refractivity contribution in [3.8, 4) is 0 Å². The smallest absolute Gasteiger partial charge is 0.336 e. The first kappa shape index (κ1) is 13.9. The third-order valence-corrected chi connectivity index (χ3v) is 2.34. The van der Waals surface area contributed by atoms with E-state index >= 15 is 0 Å². The molecule has 0 fully saturated rings. The highest BCUT2D eigenvalue weighted by atomic mass is 16.4. The van der Waals surface area contributed by atoms with Gasteiger partial charge in [0.15, 0.2) is 0 Å². The second kappa shape index (κ2) is 7.21. The van der Waals surface area contributed by atoms with Gasteiger partial charge in [-0.1, -0.05) is 31.5 Å². The van der Waals surface area contributed by atoms with Crippen molar-refractivity contribution in [2.24, 2.45) is 5.10 Å². The van der Waals surface area contributed by atoms with E-state index in [-0.39, 0.29) is 11.5 Å². The lowest BCUT2D eigenvalue weighted by Gasteiger charge is -2.00. The molecule has 0 saturated carbocycles. The molecule has 0 bridgehead atoms. The Balaban J connectivity index is 2.62. The molecule has 1 aromatic rings. The van der Waals surface area contributed by atoms with E-state index < -0.39 is 5.97 Å². The molecule has 0 radical (unpaired) electrons. The predicted molar refractivity (Wildman–Crippen MR) is 68.7 cm³/mol. The van der Waals surface area contributed by atoms with Gasteiger partial charge < -0.3 is 5.11 Å². The minimum atomic E-state index is -1.02. The van der Waals surface area contributed by atoms with Crippen LogP contribution < -0.4 is 5.43 Å². The summed E-state index contributed by atoms with van der Waals surface area (Å²) in [5.41, 5.74) is 2.99. The molecule has 1 amide bonds. The van der Waals surface area contributed by atoms with Gasteiger partial charge in [-0.15, -0.1) is 0 Å². The van der Waals surface area contributed by atoms with Crippen LogP contribution in [-0.4, -0.2) is 23.2 Å². The lowest BCUT2D eigenvalue weighted by Crippen LogP contribution is -2.17. The van der Waals surface area contributed by atoms with E-state index in [1.165, 1.54) is 12.3 Å². The van der Waals surface area contributed by atoms with Gasteiger partial charge in [0.1, 0.15) is 0 Å². The molecule has 1 rings (SSSR count). The molecule has 2 N–H and O–H groups in total. The summed E-state index contributed by atoms with van der Waals surface area (Å²) in [4.78, 5) is 22.2. The molecular formula is C13H16N2O3. The topological polar surface area (TPSA) is 78.8 Å². The zero-order valence-electron chi connectivity index (χ0n) is 10.2. The van der Waals surface area contributed by atoms with Crippen LogP contribution in [0.15, 0.2) is 29.4 Å². The van der Waals surface area contributed by atoms with Crippen LogP contribution in [0.5, 0.6) is 0 Å². The molecule has 96 valence electrons. The summed E-state index contributed by atoms with van der Waals surface area (Å²) in [5, 5.41) is 12.7. The Morgan fingerprint density at radius 1 is 1.39 bits per heavy atom. The zero-order chi connectivity index (χ0) is 13.4. The van der Waals surface area contributed by atoms with Crippen molar-refractivity contribution < 1.29 is 14.7 Å². The number of hydrogen-bond donors (Lipinski definition) is 2. The Hall–Kier alpha value is -2.17. The highest BCUT2D eigenvalue weighted by Gasteiger charge is 2.06. The van der Waals surface area contributed by atoms with Crippen LogP contribution in [-0.2, 0) is 4.79 Å². The molecule has 0 atom stereocenters. The van der Waals surface area contributed by atoms with Gasteiger partial charge >= 0.3 is 5.97 Å². The molecule has 0 aromatic heterocycles. The Morgan fingerprint density at radius 3 is 2.78 bits per heavy atom. The molecule has 5 nitrogen and oxygen atoms in total. The number of hydrazone groups is 1. The molecule has 0 unspecified atom stereocenters. The number of benzene rings is 1. The van der Waals surface area contributed by atoms with E-state index in [0.29, 0.717) is 12.0 Å². The quantitative estimate of drug-likeness (QED) is 0.597. The number of carboxylic acids is 1. The number of carbonyl (C=O) groups excluding carboxylic acids is 1. The number of amides is 1. The standard InChI is InChI=1S/C13H16N2O3/c1-2-3-8-12(16)15-14-9-10-6-4-5-7-11(10)13(17)18/h4-7,9H,2-3,8H2,1H3,(H,15,16)(H,17,18)/b14-9-. The van der Waals surface area contributed by atoms with Crippen LogP contribution in [0.25, 0.3) is 0 Å². The fourth-order valence-electron chi connectivity index (χ4n) is 1.37. The molecule has 0 spiro atoms. The normalized spacial score (nSPS) is 10.5. The van der Waals surface area contributed by atoms with Gasteiger partial charge in [-0.3, -0.25) is 4.79 Å². The van der Waals surface area contributed by atoms with Gasteiger partial charge in [-0.25, -0.2) is 10.2 Å². The fraction of sp³-hybridized carbons (Fsp3) is 0.308. The van der Waals surface area contributed by atoms with Crippen LogP contribution in [0.4, 0.5) is 0 Å². The van der Waals surface area contributed by atoms with Crippen molar-refractivity contribution in [3.63, 3.8) is 0 Å². The van der Waals surface area contributed by atoms with Gasteiger partial charge in [0.2, 0.25) is 5.91 Å². The van der Waals surface area contributed by atoms with Crippen LogP contribution in [0, 0.1) is 0 Å². The van der Waals surface area contributed by atoms with Crippen LogP contribution in [0.1, 0.15) is 42.1 Å². The van der Waals surface area contributed by atoms with Crippen molar-refractivity contribution in [1.82, 2.24) is 5.43 Å². The monoisotopic (exact) mass is 248 g/mol. The number of aromatic carboxylic acids is 1. The summed E-state index contributed by atoms with van der Waals surface area (Å²) < 4.78 is 0. The highest BCUT2D eigenvalue weighted by Crippen LogP contribution is 2.05. The van der Waals surface area contributed by atoms with Crippen LogP contribution in [0.3, 0.4) is 0 Å². The van der Waals surface area contributed by atoms with Gasteiger partial charge in [0, 0.05) is 12.0 Å². The maximum atomic E-state index is 11.3. The number of nitrogens with zero attached hydrogens (tertiary/aromatic N) is 1. The average molecular weight is 248 g/mol. The first-order valence-corrected chi connectivity index (χ1v) is 5.79. The molecular weight excluding hydrogens is 232 g/mol. The largest absolute Gasteiger partial charge is 0.478 e. The molecule has 0 aliphatic carbocycles. The molecule has 0 saturated heterocycles. The Bertz CT molecular complexity index is 455. The lowest BCUT2D eigenvalue weighted by atomic mass is 10.1. The second-order valence-corrected chi connectivity index (χ2v) is 3.79. The maximum Gasteiger partial charge on any atom is 0.336 e. The molecule has 0 aliphatic heterocycles. The van der Waals surface area contributed by atoms with E-state index in [4.69, 9.17) is 5.11 Å². The van der Waals surface area contributed by atoms with Crippen molar-refractivity contribution in [3.05, 3.63) is 35.4 Å². The number of carboxylic acid groups (broad SMARTS) is 1. The second-order valence-electron chi connectivity index (χ2n) is 3.79. The maximum absolute atomic E-state index is 11.3. The summed E-state index contributed by atoms with van der Waals surface area (Å²) in [6.45, 7) is 2.00. The Labute approximate surface area is 106 Å². The zero-order valence-corrected chi connectivity index (χ0v) is 10.2. The van der Waals surface area contributed by atoms with Gasteiger partial charge in [0.25, 0.3) is 0 Å². The number of hydrogen-bond acceptors (Lipinski definition) is 3. The van der Waals surface area contributed by atoms with Gasteiger partial charge in [-0.2, -0.15) is 5.10 Å². The summed E-state index contributed by atoms with van der Waals surface area (Å²) in [7, 11) is 0. The number of rotatable bonds is 6. The minimum absolute atomic E-state index is 0.157. The highest BCUT2D eigenvalue weighted by molar-refractivity contribution is 5.98. The van der Waals surface area contributed by atoms with Gasteiger partial charge in [0.05, 0.1) is 11.8 Å². The number of nitrogens with one attached hydrogen (secondary N) is 1. The minimum Gasteiger partial charge on any atom is -0.478 e. The third kappa shape index (κ3) is 4.37. The SMILES string of the molecule is CCCCC(=O)N/N=C\c1ccccc1C(=O)O. The lowest BCUT2D eigenvalue weighted by molar-refractivity contribution is -0.121. The van der Waals surface area contributed by atoms with Gasteiger partial charge in [-0.05, 0) is 12.5 Å². The Kier molecular flexibility index (Phi) is 5.57. The van der Waals surface area contributed by atoms with E-state index in [1.807, 2.05) is 6.92 Å². The number of unbranched alkanes of at least 4 members (excludes halogenated alkanes) is 1. The van der Waals surface area contributed by atoms with Crippen molar-refractivity contribution >= 4 is 18.1 Å². The molecule has 5 heteroatoms. The van der Waals surface area contributed by atoms with Crippen molar-refractivity contribution in [2.45, 2.75) is 26.2 Å². The molecule has 1 aromatic carbocycles. The number of carbonyl (C=O) groups is 2. The first-order valence-electron chi connectivity index (χ1n) is 5.79. The van der Waals surface area contributed by atoms with E-state index in [9.17, 15) is 9.59 Å². The summed E-state index contributed by atoms with van der Waals surface area (Å²) >= 11 is 0. The predicted octanol–water partition coefficient (Wildman–Crippen LogP) is 2.03. The molecule has 18 heavy (non-hydrogen) atoms. The summed E-state index contributed by atoms with van der Waals surface area (Å²) in [6, 6.07) is 6.47. The summed E-state index contributed by atoms with van der Waals surface area (Å²) in [6.07, 6.45) is 3.52. The van der Waals surface area contributed by atoms with Crippen molar-refractivity contribution in [1.29, 1.82) is 0 Å². The molecule has 0 heterocycles. The van der Waals surface area contributed by atoms with Crippen LogP contribution >= 0.6 is 0 Å². The first-order chi connectivity index (χ1) is 8.65. The van der Waals surface area contributed by atoms with E-state index in [0.717, 1.165) is 12.8 Å². The van der Waals surface area contributed by atoms with Crippen LogP contribution in [0.2, 0.25) is 0 Å². The average Bonchev–Trinajstić information content (AvgIpc) is 2.36. The van der Waals surface area contributed by atoms with E-state index in [1.54, 1.807) is 18.2 Å². The van der Waals surface area contributed by atoms with Crippen molar-refractivity contribution in [2.75, 3.05) is 0 Å².